The zero-order chi connectivity index (χ0) is 11.5. The summed E-state index contributed by atoms with van der Waals surface area (Å²) >= 11 is 0. The second-order valence-corrected chi connectivity index (χ2v) is 3.81. The van der Waals surface area contributed by atoms with Crippen LogP contribution in [0.4, 0.5) is 5.69 Å². The van der Waals surface area contributed by atoms with E-state index in [2.05, 4.69) is 0 Å². The van der Waals surface area contributed by atoms with Crippen LogP contribution < -0.4 is 9.64 Å². The fourth-order valence-electron chi connectivity index (χ4n) is 2.08. The lowest BCUT2D eigenvalue weighted by atomic mass is 10.2. The molecule has 0 saturated carbocycles. The molecule has 0 spiro atoms. The Kier molecular flexibility index (Phi) is 3.10. The van der Waals surface area contributed by atoms with Crippen molar-refractivity contribution in [2.75, 3.05) is 18.6 Å². The topological polar surface area (TPSA) is 49.8 Å². The monoisotopic (exact) mass is 221 g/mol. The minimum atomic E-state index is -0.121. The van der Waals surface area contributed by atoms with Gasteiger partial charge in [0.25, 0.3) is 0 Å². The van der Waals surface area contributed by atoms with Gasteiger partial charge in [0.15, 0.2) is 0 Å². The SMILES string of the molecule is COc1ccccc1N1C(=O)CC[C@H]1CO. The van der Waals surface area contributed by atoms with Gasteiger partial charge in [0.2, 0.25) is 5.91 Å². The van der Waals surface area contributed by atoms with Gasteiger partial charge in [-0.05, 0) is 18.6 Å². The van der Waals surface area contributed by atoms with Crippen molar-refractivity contribution in [3.8, 4) is 5.75 Å². The highest BCUT2D eigenvalue weighted by Gasteiger charge is 2.32. The fourth-order valence-corrected chi connectivity index (χ4v) is 2.08. The van der Waals surface area contributed by atoms with Crippen LogP contribution in [0, 0.1) is 0 Å². The molecule has 1 amide bonds. The number of nitrogens with zero attached hydrogens (tertiary/aromatic N) is 1. The largest absolute Gasteiger partial charge is 0.495 e. The summed E-state index contributed by atoms with van der Waals surface area (Å²) in [5.74, 6) is 0.708. The molecule has 16 heavy (non-hydrogen) atoms. The van der Waals surface area contributed by atoms with Gasteiger partial charge in [-0.3, -0.25) is 4.79 Å². The molecule has 1 fully saturated rings. The van der Waals surface area contributed by atoms with Gasteiger partial charge in [-0.1, -0.05) is 12.1 Å². The Labute approximate surface area is 94.4 Å². The first-order valence-electron chi connectivity index (χ1n) is 5.34. The standard InChI is InChI=1S/C12H15NO3/c1-16-11-5-3-2-4-10(11)13-9(8-14)6-7-12(13)15/h2-5,9,14H,6-8H2,1H3/t9-/m0/s1. The van der Waals surface area contributed by atoms with Crippen LogP contribution in [0.25, 0.3) is 0 Å². The number of benzene rings is 1. The molecule has 0 aliphatic carbocycles. The molecule has 1 aliphatic rings. The van der Waals surface area contributed by atoms with E-state index in [1.807, 2.05) is 24.3 Å². The average Bonchev–Trinajstić information content (AvgIpc) is 2.70. The van der Waals surface area contributed by atoms with E-state index in [1.54, 1.807) is 12.0 Å². The smallest absolute Gasteiger partial charge is 0.227 e. The summed E-state index contributed by atoms with van der Waals surface area (Å²) in [6, 6.07) is 7.25. The molecule has 2 rings (SSSR count). The van der Waals surface area contributed by atoms with Crippen molar-refractivity contribution in [1.82, 2.24) is 0 Å². The summed E-state index contributed by atoms with van der Waals surface area (Å²) in [6.45, 7) is -0.0101. The highest BCUT2D eigenvalue weighted by atomic mass is 16.5. The minimum absolute atomic E-state index is 0.0101. The second kappa shape index (κ2) is 4.53. The Hall–Kier alpha value is -1.55. The molecule has 1 aliphatic heterocycles. The number of methoxy groups -OCH3 is 1. The van der Waals surface area contributed by atoms with Crippen molar-refractivity contribution in [3.05, 3.63) is 24.3 Å². The van der Waals surface area contributed by atoms with E-state index in [0.29, 0.717) is 18.6 Å². The van der Waals surface area contributed by atoms with Gasteiger partial charge in [0.05, 0.1) is 25.4 Å². The molecule has 1 saturated heterocycles. The maximum absolute atomic E-state index is 11.8. The van der Waals surface area contributed by atoms with Crippen LogP contribution in [0.15, 0.2) is 24.3 Å². The first-order valence-corrected chi connectivity index (χ1v) is 5.34. The number of aliphatic hydroxyl groups excluding tert-OH is 1. The Balaban J connectivity index is 2.38. The highest BCUT2D eigenvalue weighted by molar-refractivity contribution is 5.97. The molecule has 0 aromatic heterocycles. The first kappa shape index (κ1) is 11.0. The normalized spacial score (nSPS) is 20.2. The van der Waals surface area contributed by atoms with Gasteiger partial charge in [-0.2, -0.15) is 0 Å². The van der Waals surface area contributed by atoms with Gasteiger partial charge >= 0.3 is 0 Å². The van der Waals surface area contributed by atoms with E-state index in [9.17, 15) is 9.90 Å². The van der Waals surface area contributed by atoms with Crippen molar-refractivity contribution in [2.24, 2.45) is 0 Å². The lowest BCUT2D eigenvalue weighted by Gasteiger charge is -2.24. The zero-order valence-electron chi connectivity index (χ0n) is 9.22. The maximum atomic E-state index is 11.8. The van der Waals surface area contributed by atoms with Crippen LogP contribution in [0.2, 0.25) is 0 Å². The van der Waals surface area contributed by atoms with E-state index in [-0.39, 0.29) is 18.6 Å². The minimum Gasteiger partial charge on any atom is -0.495 e. The number of amides is 1. The molecule has 1 heterocycles. The Morgan fingerprint density at radius 3 is 2.94 bits per heavy atom. The molecular formula is C12H15NO3. The number of anilines is 1. The van der Waals surface area contributed by atoms with E-state index in [4.69, 9.17) is 4.74 Å². The van der Waals surface area contributed by atoms with Crippen LogP contribution in [0.5, 0.6) is 5.75 Å². The molecule has 4 heteroatoms. The molecular weight excluding hydrogens is 206 g/mol. The zero-order valence-corrected chi connectivity index (χ0v) is 9.22. The third-order valence-electron chi connectivity index (χ3n) is 2.88. The maximum Gasteiger partial charge on any atom is 0.227 e. The van der Waals surface area contributed by atoms with Gasteiger partial charge in [0.1, 0.15) is 5.75 Å². The lowest BCUT2D eigenvalue weighted by molar-refractivity contribution is -0.117. The number of rotatable bonds is 3. The third kappa shape index (κ3) is 1.76. The van der Waals surface area contributed by atoms with Crippen LogP contribution >= 0.6 is 0 Å². The number of aliphatic hydroxyl groups is 1. The van der Waals surface area contributed by atoms with Crippen LogP contribution in [-0.4, -0.2) is 30.8 Å². The first-order chi connectivity index (χ1) is 7.77. The molecule has 1 aromatic rings. The second-order valence-electron chi connectivity index (χ2n) is 3.81. The molecule has 0 unspecified atom stereocenters. The molecule has 0 radical (unpaired) electrons. The summed E-state index contributed by atoms with van der Waals surface area (Å²) in [4.78, 5) is 13.4. The number of hydrogen-bond donors (Lipinski definition) is 1. The Morgan fingerprint density at radius 1 is 1.50 bits per heavy atom. The van der Waals surface area contributed by atoms with Gasteiger partial charge in [-0.25, -0.2) is 0 Å². The van der Waals surface area contributed by atoms with Crippen LogP contribution in [0.1, 0.15) is 12.8 Å². The predicted molar refractivity (Wildman–Crippen MR) is 60.6 cm³/mol. The summed E-state index contributed by atoms with van der Waals surface area (Å²) in [6.07, 6.45) is 1.19. The third-order valence-corrected chi connectivity index (χ3v) is 2.88. The molecule has 4 nitrogen and oxygen atoms in total. The number of carbonyl (C=O) groups is 1. The van der Waals surface area contributed by atoms with Crippen molar-refractivity contribution >= 4 is 11.6 Å². The molecule has 1 atom stereocenters. The Bertz CT molecular complexity index is 392. The van der Waals surface area contributed by atoms with Crippen molar-refractivity contribution in [3.63, 3.8) is 0 Å². The molecule has 86 valence electrons. The van der Waals surface area contributed by atoms with Crippen LogP contribution in [-0.2, 0) is 4.79 Å². The van der Waals surface area contributed by atoms with Crippen molar-refractivity contribution in [1.29, 1.82) is 0 Å². The van der Waals surface area contributed by atoms with Gasteiger partial charge in [0, 0.05) is 6.42 Å². The van der Waals surface area contributed by atoms with E-state index < -0.39 is 0 Å². The summed E-state index contributed by atoms with van der Waals surface area (Å²) in [5.41, 5.74) is 0.742. The van der Waals surface area contributed by atoms with Gasteiger partial charge < -0.3 is 14.7 Å². The summed E-state index contributed by atoms with van der Waals surface area (Å²) < 4.78 is 5.22. The van der Waals surface area contributed by atoms with Crippen molar-refractivity contribution in [2.45, 2.75) is 18.9 Å². The molecule has 0 bridgehead atoms. The van der Waals surface area contributed by atoms with Crippen molar-refractivity contribution < 1.29 is 14.6 Å². The summed E-state index contributed by atoms with van der Waals surface area (Å²) in [5, 5.41) is 9.24. The Morgan fingerprint density at radius 2 is 2.25 bits per heavy atom. The highest BCUT2D eigenvalue weighted by Crippen LogP contribution is 2.33. The number of hydrogen-bond acceptors (Lipinski definition) is 3. The van der Waals surface area contributed by atoms with E-state index in [0.717, 1.165) is 5.69 Å². The van der Waals surface area contributed by atoms with Gasteiger partial charge in [-0.15, -0.1) is 0 Å². The molecule has 1 N–H and O–H groups in total. The average molecular weight is 221 g/mol. The van der Waals surface area contributed by atoms with Crippen LogP contribution in [0.3, 0.4) is 0 Å². The lowest BCUT2D eigenvalue weighted by Crippen LogP contribution is -2.35. The summed E-state index contributed by atoms with van der Waals surface area (Å²) in [7, 11) is 1.58. The quantitative estimate of drug-likeness (QED) is 0.834. The fraction of sp³-hybridized carbons (Fsp3) is 0.417. The number of para-hydroxylation sites is 2. The van der Waals surface area contributed by atoms with E-state index >= 15 is 0 Å². The molecule has 1 aromatic carbocycles. The van der Waals surface area contributed by atoms with E-state index in [1.165, 1.54) is 0 Å². The number of carbonyl (C=O) groups excluding carboxylic acids is 1. The number of ether oxygens (including phenoxy) is 1. The predicted octanol–water partition coefficient (Wildman–Crippen LogP) is 1.18.